The second kappa shape index (κ2) is 9.41. The number of para-hydroxylation sites is 1. The van der Waals surface area contributed by atoms with Crippen LogP contribution in [-0.4, -0.2) is 45.1 Å². The highest BCUT2D eigenvalue weighted by Crippen LogP contribution is 2.29. The first kappa shape index (κ1) is 21.2. The molecule has 1 saturated heterocycles. The number of hydrogen-bond acceptors (Lipinski definition) is 5. The van der Waals surface area contributed by atoms with Crippen molar-refractivity contribution in [3.05, 3.63) is 36.5 Å². The van der Waals surface area contributed by atoms with Crippen molar-refractivity contribution < 1.29 is 17.9 Å². The fourth-order valence-electron chi connectivity index (χ4n) is 4.39. The molecular weight excluding hydrogens is 402 g/mol. The van der Waals surface area contributed by atoms with E-state index in [0.717, 1.165) is 50.5 Å². The Kier molecular flexibility index (Phi) is 6.65. The van der Waals surface area contributed by atoms with Crippen LogP contribution in [0.15, 0.2) is 41.4 Å². The van der Waals surface area contributed by atoms with Gasteiger partial charge in [-0.15, -0.1) is 0 Å². The van der Waals surface area contributed by atoms with E-state index in [2.05, 4.69) is 15.0 Å². The summed E-state index contributed by atoms with van der Waals surface area (Å²) in [6.45, 7) is 1.77. The van der Waals surface area contributed by atoms with Crippen molar-refractivity contribution in [3.63, 3.8) is 0 Å². The maximum atomic E-state index is 12.8. The third-order valence-corrected chi connectivity index (χ3v) is 7.65. The molecule has 1 unspecified atom stereocenters. The van der Waals surface area contributed by atoms with Gasteiger partial charge in [0.2, 0.25) is 15.9 Å². The Hall–Kier alpha value is -2.03. The van der Waals surface area contributed by atoms with Crippen LogP contribution in [-0.2, 0) is 19.6 Å². The van der Waals surface area contributed by atoms with Gasteiger partial charge >= 0.3 is 0 Å². The molecule has 2 N–H and O–H groups in total. The van der Waals surface area contributed by atoms with Gasteiger partial charge in [-0.1, -0.05) is 18.2 Å². The predicted molar refractivity (Wildman–Crippen MR) is 114 cm³/mol. The highest BCUT2D eigenvalue weighted by molar-refractivity contribution is 7.89. The number of aromatic nitrogens is 1. The Morgan fingerprint density at radius 3 is 2.63 bits per heavy atom. The highest BCUT2D eigenvalue weighted by atomic mass is 32.2. The van der Waals surface area contributed by atoms with E-state index in [1.165, 1.54) is 0 Å². The number of nitrogens with zero attached hydrogens (tertiary/aromatic N) is 1. The van der Waals surface area contributed by atoms with E-state index in [1.807, 2.05) is 12.1 Å². The monoisotopic (exact) mass is 431 g/mol. The van der Waals surface area contributed by atoms with Gasteiger partial charge in [0.05, 0.1) is 11.6 Å². The molecule has 1 aliphatic heterocycles. The number of nitrogens with one attached hydrogen (secondary N) is 2. The van der Waals surface area contributed by atoms with Gasteiger partial charge in [0.25, 0.3) is 0 Å². The van der Waals surface area contributed by atoms with Crippen LogP contribution in [0.5, 0.6) is 0 Å². The molecule has 1 aromatic carbocycles. The van der Waals surface area contributed by atoms with E-state index in [9.17, 15) is 13.2 Å². The number of amides is 1. The largest absolute Gasteiger partial charge is 0.376 e. The molecule has 4 rings (SSSR count). The summed E-state index contributed by atoms with van der Waals surface area (Å²) >= 11 is 0. The minimum Gasteiger partial charge on any atom is -0.376 e. The number of carbonyl (C=O) groups excluding carboxylic acids is 1. The van der Waals surface area contributed by atoms with Crippen molar-refractivity contribution in [1.82, 2.24) is 15.0 Å². The summed E-state index contributed by atoms with van der Waals surface area (Å²) in [7, 11) is -3.64. The first-order chi connectivity index (χ1) is 14.5. The molecule has 162 valence electrons. The molecule has 2 heterocycles. The molecule has 0 radical (unpaired) electrons. The lowest BCUT2D eigenvalue weighted by molar-refractivity contribution is -0.126. The Morgan fingerprint density at radius 1 is 1.07 bits per heavy atom. The second-order valence-electron chi connectivity index (χ2n) is 8.28. The third kappa shape index (κ3) is 4.99. The Labute approximate surface area is 177 Å². The maximum Gasteiger partial charge on any atom is 0.242 e. The molecule has 7 nitrogen and oxygen atoms in total. The van der Waals surface area contributed by atoms with Crippen molar-refractivity contribution in [1.29, 1.82) is 0 Å². The van der Waals surface area contributed by atoms with Gasteiger partial charge in [0.15, 0.2) is 0 Å². The number of sulfonamides is 1. The number of fused-ring (bicyclic) bond motifs is 1. The van der Waals surface area contributed by atoms with Gasteiger partial charge in [-0.3, -0.25) is 9.78 Å². The van der Waals surface area contributed by atoms with Crippen molar-refractivity contribution in [3.8, 4) is 0 Å². The molecule has 8 heteroatoms. The average molecular weight is 432 g/mol. The molecule has 2 aromatic rings. The van der Waals surface area contributed by atoms with E-state index in [1.54, 1.807) is 24.4 Å². The molecule has 0 spiro atoms. The van der Waals surface area contributed by atoms with Crippen molar-refractivity contribution in [2.24, 2.45) is 11.8 Å². The van der Waals surface area contributed by atoms with Gasteiger partial charge in [0, 0.05) is 37.2 Å². The molecule has 2 fully saturated rings. The van der Waals surface area contributed by atoms with E-state index in [4.69, 9.17) is 4.74 Å². The summed E-state index contributed by atoms with van der Waals surface area (Å²) in [5, 5.41) is 3.82. The Bertz CT molecular complexity index is 976. The first-order valence-electron chi connectivity index (χ1n) is 10.8. The molecule has 1 aromatic heterocycles. The van der Waals surface area contributed by atoms with Crippen LogP contribution in [0.3, 0.4) is 0 Å². The number of pyridine rings is 1. The highest BCUT2D eigenvalue weighted by Gasteiger charge is 2.28. The van der Waals surface area contributed by atoms with Crippen LogP contribution in [0.1, 0.15) is 38.5 Å². The van der Waals surface area contributed by atoms with Crippen molar-refractivity contribution >= 4 is 26.8 Å². The van der Waals surface area contributed by atoms with Crippen molar-refractivity contribution in [2.75, 3.05) is 19.7 Å². The molecule has 1 atom stereocenters. The molecule has 1 amide bonds. The molecule has 0 bridgehead atoms. The average Bonchev–Trinajstić information content (AvgIpc) is 3.30. The minimum atomic E-state index is -3.64. The number of ether oxygens (including phenoxy) is 1. The lowest BCUT2D eigenvalue weighted by Crippen LogP contribution is -2.38. The van der Waals surface area contributed by atoms with Crippen LogP contribution in [0.2, 0.25) is 0 Å². The van der Waals surface area contributed by atoms with Gasteiger partial charge < -0.3 is 10.1 Å². The lowest BCUT2D eigenvalue weighted by Gasteiger charge is -2.28. The van der Waals surface area contributed by atoms with E-state index in [0.29, 0.717) is 18.6 Å². The summed E-state index contributed by atoms with van der Waals surface area (Å²) in [5.41, 5.74) is 0.485. The summed E-state index contributed by atoms with van der Waals surface area (Å²) in [6, 6.07) is 8.83. The van der Waals surface area contributed by atoms with E-state index >= 15 is 0 Å². The van der Waals surface area contributed by atoms with Gasteiger partial charge in [-0.25, -0.2) is 13.1 Å². The van der Waals surface area contributed by atoms with Gasteiger partial charge in [-0.05, 0) is 56.6 Å². The number of benzene rings is 1. The van der Waals surface area contributed by atoms with Gasteiger partial charge in [-0.2, -0.15) is 0 Å². The Morgan fingerprint density at radius 2 is 1.87 bits per heavy atom. The molecule has 30 heavy (non-hydrogen) atoms. The zero-order valence-corrected chi connectivity index (χ0v) is 17.9. The van der Waals surface area contributed by atoms with Crippen LogP contribution >= 0.6 is 0 Å². The zero-order chi connectivity index (χ0) is 21.0. The fraction of sp³-hybridized carbons (Fsp3) is 0.545. The predicted octanol–water partition coefficient (Wildman–Crippen LogP) is 2.61. The fourth-order valence-corrected chi connectivity index (χ4v) is 5.68. The lowest BCUT2D eigenvalue weighted by atomic mass is 9.81. The summed E-state index contributed by atoms with van der Waals surface area (Å²) in [5.74, 6) is 0.359. The quantitative estimate of drug-likeness (QED) is 0.702. The van der Waals surface area contributed by atoms with Crippen LogP contribution in [0.25, 0.3) is 10.9 Å². The minimum absolute atomic E-state index is 0.0153. The SMILES string of the molecule is O=C(NCC1CCCO1)C1CCC(CNS(=O)(=O)c2cccc3cccnc23)CC1. The summed E-state index contributed by atoms with van der Waals surface area (Å²) in [6.07, 6.45) is 7.10. The van der Waals surface area contributed by atoms with Crippen LogP contribution in [0, 0.1) is 11.8 Å². The van der Waals surface area contributed by atoms with E-state index in [-0.39, 0.29) is 28.7 Å². The molecule has 2 aliphatic rings. The normalized spacial score (nSPS) is 24.7. The first-order valence-corrected chi connectivity index (χ1v) is 12.2. The van der Waals surface area contributed by atoms with Crippen LogP contribution in [0.4, 0.5) is 0 Å². The van der Waals surface area contributed by atoms with Crippen molar-refractivity contribution in [2.45, 2.75) is 49.5 Å². The number of hydrogen-bond donors (Lipinski definition) is 2. The Balaban J connectivity index is 1.27. The topological polar surface area (TPSA) is 97.4 Å². The van der Waals surface area contributed by atoms with Gasteiger partial charge in [0.1, 0.15) is 4.90 Å². The molecular formula is C22H29N3O4S. The van der Waals surface area contributed by atoms with E-state index < -0.39 is 10.0 Å². The standard InChI is InChI=1S/C22H29N3O4S/c26-22(24-15-19-6-3-13-29-19)18-10-8-16(9-11-18)14-25-30(27,28)20-7-1-4-17-5-2-12-23-21(17)20/h1-2,4-5,7,12,16,18-19,25H,3,6,8-11,13-15H2,(H,24,26). The van der Waals surface area contributed by atoms with Crippen LogP contribution < -0.4 is 10.0 Å². The number of rotatable bonds is 7. The smallest absolute Gasteiger partial charge is 0.242 e. The summed E-state index contributed by atoms with van der Waals surface area (Å²) in [4.78, 5) is 16.9. The second-order valence-corrected chi connectivity index (χ2v) is 10.0. The molecule has 1 saturated carbocycles. The maximum absolute atomic E-state index is 12.8. The number of carbonyl (C=O) groups is 1. The third-order valence-electron chi connectivity index (χ3n) is 6.19. The molecule has 1 aliphatic carbocycles. The zero-order valence-electron chi connectivity index (χ0n) is 17.0. The summed E-state index contributed by atoms with van der Waals surface area (Å²) < 4.78 is 34.0.